The summed E-state index contributed by atoms with van der Waals surface area (Å²) >= 11 is 0. The lowest BCUT2D eigenvalue weighted by Crippen LogP contribution is -2.22. The highest BCUT2D eigenvalue weighted by molar-refractivity contribution is 5.68. The predicted molar refractivity (Wildman–Crippen MR) is 127 cm³/mol. The first kappa shape index (κ1) is 22.1. The van der Waals surface area contributed by atoms with Crippen molar-refractivity contribution in [1.82, 2.24) is 29.9 Å². The summed E-state index contributed by atoms with van der Waals surface area (Å²) in [6, 6.07) is 17.3. The molecule has 0 aliphatic rings. The molecule has 2 N–H and O–H groups in total. The van der Waals surface area contributed by atoms with Gasteiger partial charge < -0.3 is 5.73 Å². The SMILES string of the molecule is CCC(C)(CC)c1cccc(Cn2cc(-c3cc(-c4cccc(C#N)c4)nc(N)n3)nn2)n1. The minimum absolute atomic E-state index is 0.0568. The molecule has 4 aromatic rings. The minimum Gasteiger partial charge on any atom is -0.368 e. The van der Waals surface area contributed by atoms with Gasteiger partial charge in [-0.25, -0.2) is 14.6 Å². The van der Waals surface area contributed by atoms with Crippen molar-refractivity contribution in [2.75, 3.05) is 5.73 Å². The average molecular weight is 439 g/mol. The summed E-state index contributed by atoms with van der Waals surface area (Å²) in [6.07, 6.45) is 3.88. The highest BCUT2D eigenvalue weighted by Gasteiger charge is 2.24. The molecule has 1 aromatic carbocycles. The second-order valence-electron chi connectivity index (χ2n) is 8.27. The van der Waals surface area contributed by atoms with E-state index in [9.17, 15) is 5.26 Å². The molecule has 0 spiro atoms. The van der Waals surface area contributed by atoms with Crippen molar-refractivity contribution in [2.24, 2.45) is 0 Å². The second kappa shape index (κ2) is 9.17. The first-order chi connectivity index (χ1) is 15.9. The number of benzene rings is 1. The zero-order chi connectivity index (χ0) is 23.4. The van der Waals surface area contributed by atoms with Gasteiger partial charge in [0.1, 0.15) is 5.69 Å². The smallest absolute Gasteiger partial charge is 0.221 e. The van der Waals surface area contributed by atoms with Crippen LogP contribution in [-0.4, -0.2) is 29.9 Å². The zero-order valence-corrected chi connectivity index (χ0v) is 19.0. The molecule has 4 rings (SSSR count). The maximum atomic E-state index is 9.18. The topological polar surface area (TPSA) is 119 Å². The summed E-state index contributed by atoms with van der Waals surface area (Å²) in [6.45, 7) is 7.14. The van der Waals surface area contributed by atoms with Crippen molar-refractivity contribution in [2.45, 2.75) is 45.6 Å². The van der Waals surface area contributed by atoms with Crippen LogP contribution in [0.25, 0.3) is 22.6 Å². The molecule has 8 nitrogen and oxygen atoms in total. The van der Waals surface area contributed by atoms with Crippen molar-refractivity contribution in [3.8, 4) is 28.7 Å². The van der Waals surface area contributed by atoms with Crippen LogP contribution >= 0.6 is 0 Å². The van der Waals surface area contributed by atoms with Crippen LogP contribution in [-0.2, 0) is 12.0 Å². The molecule has 0 saturated carbocycles. The van der Waals surface area contributed by atoms with Gasteiger partial charge in [-0.15, -0.1) is 5.10 Å². The number of hydrogen-bond acceptors (Lipinski definition) is 7. The third kappa shape index (κ3) is 4.72. The molecule has 0 saturated heterocycles. The average Bonchev–Trinajstić information content (AvgIpc) is 3.32. The normalized spacial score (nSPS) is 11.3. The number of pyridine rings is 1. The van der Waals surface area contributed by atoms with E-state index < -0.39 is 0 Å². The fourth-order valence-corrected chi connectivity index (χ4v) is 3.67. The lowest BCUT2D eigenvalue weighted by atomic mass is 9.81. The molecule has 0 fully saturated rings. The highest BCUT2D eigenvalue weighted by Crippen LogP contribution is 2.29. The van der Waals surface area contributed by atoms with Crippen LogP contribution in [0, 0.1) is 11.3 Å². The molecule has 0 bridgehead atoms. The first-order valence-electron chi connectivity index (χ1n) is 11.0. The van der Waals surface area contributed by atoms with E-state index in [0.29, 0.717) is 29.2 Å². The van der Waals surface area contributed by atoms with Crippen LogP contribution in [0.5, 0.6) is 0 Å². The third-order valence-electron chi connectivity index (χ3n) is 6.14. The summed E-state index contributed by atoms with van der Waals surface area (Å²) in [7, 11) is 0. The lowest BCUT2D eigenvalue weighted by Gasteiger charge is -2.26. The fourth-order valence-electron chi connectivity index (χ4n) is 3.67. The molecule has 0 unspecified atom stereocenters. The monoisotopic (exact) mass is 438 g/mol. The highest BCUT2D eigenvalue weighted by atomic mass is 15.4. The summed E-state index contributed by atoms with van der Waals surface area (Å²) in [5.41, 5.74) is 11.2. The maximum Gasteiger partial charge on any atom is 0.221 e. The Labute approximate surface area is 193 Å². The Balaban J connectivity index is 1.61. The van der Waals surface area contributed by atoms with Gasteiger partial charge >= 0.3 is 0 Å². The van der Waals surface area contributed by atoms with Crippen molar-refractivity contribution < 1.29 is 0 Å². The molecule has 0 aliphatic carbocycles. The molecule has 0 aliphatic heterocycles. The number of aromatic nitrogens is 6. The molecule has 3 aromatic heterocycles. The molecule has 33 heavy (non-hydrogen) atoms. The minimum atomic E-state index is 0.0568. The van der Waals surface area contributed by atoms with Crippen LogP contribution in [0.1, 0.15) is 50.6 Å². The van der Waals surface area contributed by atoms with Gasteiger partial charge in [0.25, 0.3) is 0 Å². The molecular formula is C25H26N8. The molecular weight excluding hydrogens is 412 g/mol. The Morgan fingerprint density at radius 1 is 0.970 bits per heavy atom. The van der Waals surface area contributed by atoms with Crippen molar-refractivity contribution in [3.63, 3.8) is 0 Å². The van der Waals surface area contributed by atoms with E-state index in [-0.39, 0.29) is 11.4 Å². The van der Waals surface area contributed by atoms with Crippen LogP contribution in [0.4, 0.5) is 5.95 Å². The van der Waals surface area contributed by atoms with E-state index in [4.69, 9.17) is 10.7 Å². The Morgan fingerprint density at radius 2 is 1.73 bits per heavy atom. The Bertz CT molecular complexity index is 1310. The lowest BCUT2D eigenvalue weighted by molar-refractivity contribution is 0.424. The molecule has 0 amide bonds. The van der Waals surface area contributed by atoms with Crippen LogP contribution in [0.2, 0.25) is 0 Å². The van der Waals surface area contributed by atoms with Gasteiger partial charge in [0.2, 0.25) is 5.95 Å². The van der Waals surface area contributed by atoms with Gasteiger partial charge in [0.05, 0.1) is 41.5 Å². The van der Waals surface area contributed by atoms with Crippen LogP contribution in [0.3, 0.4) is 0 Å². The number of nitrogen functional groups attached to an aromatic ring is 1. The number of nitrogens with zero attached hydrogens (tertiary/aromatic N) is 7. The number of hydrogen-bond donors (Lipinski definition) is 1. The van der Waals surface area contributed by atoms with Crippen molar-refractivity contribution in [1.29, 1.82) is 5.26 Å². The molecule has 0 radical (unpaired) electrons. The number of anilines is 1. The summed E-state index contributed by atoms with van der Waals surface area (Å²) in [5, 5.41) is 17.7. The largest absolute Gasteiger partial charge is 0.368 e. The van der Waals surface area contributed by atoms with Crippen molar-refractivity contribution in [3.05, 3.63) is 71.7 Å². The number of nitriles is 1. The number of nitrogens with two attached hydrogens (primary N) is 1. The Kier molecular flexibility index (Phi) is 6.13. The summed E-state index contributed by atoms with van der Waals surface area (Å²) < 4.78 is 1.74. The zero-order valence-electron chi connectivity index (χ0n) is 19.0. The van der Waals surface area contributed by atoms with Gasteiger partial charge in [-0.3, -0.25) is 4.98 Å². The van der Waals surface area contributed by atoms with Crippen LogP contribution in [0.15, 0.2) is 54.7 Å². The van der Waals surface area contributed by atoms with Crippen LogP contribution < -0.4 is 5.73 Å². The second-order valence-corrected chi connectivity index (χ2v) is 8.27. The summed E-state index contributed by atoms with van der Waals surface area (Å²) in [4.78, 5) is 13.5. The molecule has 8 heteroatoms. The Morgan fingerprint density at radius 3 is 2.48 bits per heavy atom. The quantitative estimate of drug-likeness (QED) is 0.455. The van der Waals surface area contributed by atoms with E-state index >= 15 is 0 Å². The van der Waals surface area contributed by atoms with Crippen molar-refractivity contribution >= 4 is 5.95 Å². The maximum absolute atomic E-state index is 9.18. The van der Waals surface area contributed by atoms with Gasteiger partial charge in [-0.1, -0.05) is 44.2 Å². The number of rotatable bonds is 7. The Hall–Kier alpha value is -4.12. The third-order valence-corrected chi connectivity index (χ3v) is 6.14. The van der Waals surface area contributed by atoms with Gasteiger partial charge in [-0.05, 0) is 43.2 Å². The van der Waals surface area contributed by atoms with Gasteiger partial charge in [-0.2, -0.15) is 5.26 Å². The van der Waals surface area contributed by atoms with E-state index in [1.54, 1.807) is 22.9 Å². The summed E-state index contributed by atoms with van der Waals surface area (Å²) in [5.74, 6) is 0.132. The van der Waals surface area contributed by atoms with Gasteiger partial charge in [0.15, 0.2) is 0 Å². The van der Waals surface area contributed by atoms with E-state index in [2.05, 4.69) is 53.2 Å². The van der Waals surface area contributed by atoms with E-state index in [0.717, 1.165) is 29.8 Å². The fraction of sp³-hybridized carbons (Fsp3) is 0.280. The molecule has 0 atom stereocenters. The van der Waals surface area contributed by atoms with E-state index in [1.165, 1.54) is 0 Å². The standard InChI is InChI=1S/C25H26N8/c1-4-25(3,5-2)23-11-7-10-19(28-23)15-33-16-22(31-32-33)21-13-20(29-24(27)30-21)18-9-6-8-17(12-18)14-26/h6-13,16H,4-5,15H2,1-3H3,(H2,27,29,30). The molecule has 166 valence electrons. The predicted octanol–water partition coefficient (Wildman–Crippen LogP) is 4.38. The first-order valence-corrected chi connectivity index (χ1v) is 11.0. The van der Waals surface area contributed by atoms with Gasteiger partial charge in [0, 0.05) is 16.7 Å². The molecule has 3 heterocycles. The van der Waals surface area contributed by atoms with E-state index in [1.807, 2.05) is 30.5 Å².